The quantitative estimate of drug-likeness (QED) is 0.178. The molecule has 244 valence electrons. The SMILES string of the molecule is C1=CCC(n2c3ccccc3c3cc(N(C4=CC=C(c5nc6ccc7ccccc7c6o5)CC4)c4cccc(-c5ccccc5)c4)ccc32)C=C1. The van der Waals surface area contributed by atoms with Gasteiger partial charge in [-0.05, 0) is 84.3 Å². The number of fused-ring (bicyclic) bond motifs is 6. The molecule has 0 radical (unpaired) electrons. The number of hydrogen-bond acceptors (Lipinski definition) is 3. The molecule has 0 amide bonds. The first kappa shape index (κ1) is 29.5. The molecule has 0 spiro atoms. The van der Waals surface area contributed by atoms with Crippen molar-refractivity contribution in [3.05, 3.63) is 182 Å². The molecule has 4 heteroatoms. The smallest absolute Gasteiger partial charge is 0.223 e. The second-order valence-corrected chi connectivity index (χ2v) is 13.5. The normalized spacial score (nSPS) is 15.9. The lowest BCUT2D eigenvalue weighted by Crippen LogP contribution is -2.18. The molecule has 0 saturated heterocycles. The number of rotatable bonds is 6. The summed E-state index contributed by atoms with van der Waals surface area (Å²) in [6.07, 6.45) is 16.0. The van der Waals surface area contributed by atoms with E-state index >= 15 is 0 Å². The van der Waals surface area contributed by atoms with Gasteiger partial charge in [0, 0.05) is 49.8 Å². The summed E-state index contributed by atoms with van der Waals surface area (Å²) in [5.74, 6) is 0.704. The van der Waals surface area contributed by atoms with Gasteiger partial charge in [0.2, 0.25) is 5.89 Å². The summed E-state index contributed by atoms with van der Waals surface area (Å²) >= 11 is 0. The van der Waals surface area contributed by atoms with Crippen LogP contribution < -0.4 is 4.90 Å². The maximum atomic E-state index is 6.46. The van der Waals surface area contributed by atoms with Crippen molar-refractivity contribution in [1.82, 2.24) is 9.55 Å². The van der Waals surface area contributed by atoms with Crippen molar-refractivity contribution in [2.75, 3.05) is 4.90 Å². The van der Waals surface area contributed by atoms with Crippen LogP contribution in [-0.4, -0.2) is 9.55 Å². The van der Waals surface area contributed by atoms with Crippen molar-refractivity contribution >= 4 is 60.6 Å². The highest BCUT2D eigenvalue weighted by atomic mass is 16.3. The Bertz CT molecular complexity index is 2740. The Hall–Kier alpha value is -6.39. The topological polar surface area (TPSA) is 34.2 Å². The van der Waals surface area contributed by atoms with Gasteiger partial charge >= 0.3 is 0 Å². The van der Waals surface area contributed by atoms with Crippen LogP contribution in [0, 0.1) is 0 Å². The first-order valence-electron chi connectivity index (χ1n) is 17.8. The Labute approximate surface area is 296 Å². The Kier molecular flexibility index (Phi) is 7.05. The predicted octanol–water partition coefficient (Wildman–Crippen LogP) is 12.7. The van der Waals surface area contributed by atoms with E-state index in [1.54, 1.807) is 0 Å². The summed E-state index contributed by atoms with van der Waals surface area (Å²) in [7, 11) is 0. The fraction of sp³-hybridized carbons (Fsp3) is 0.0851. The summed E-state index contributed by atoms with van der Waals surface area (Å²) in [5.41, 5.74) is 11.3. The van der Waals surface area contributed by atoms with Crippen molar-refractivity contribution in [2.24, 2.45) is 0 Å². The number of hydrogen-bond donors (Lipinski definition) is 0. The van der Waals surface area contributed by atoms with E-state index in [0.29, 0.717) is 5.89 Å². The van der Waals surface area contributed by atoms with Gasteiger partial charge < -0.3 is 13.9 Å². The molecule has 0 saturated carbocycles. The largest absolute Gasteiger partial charge is 0.436 e. The molecule has 10 rings (SSSR count). The second-order valence-electron chi connectivity index (χ2n) is 13.5. The standard InChI is InChI=1S/C47H35N3O/c1-3-12-32(13-4-1)35-15-11-18-38(30-35)49(37-25-22-34(23-26-37)47-48-43-28-24-33-14-7-8-19-40(33)46(43)51-47)39-27-29-45-42(31-39)41-20-9-10-21-44(41)50(45)36-16-5-2-6-17-36/h1-16,18-22,24-25,27-31,36H,17,23,26H2. The van der Waals surface area contributed by atoms with Crippen LogP contribution in [-0.2, 0) is 0 Å². The van der Waals surface area contributed by atoms with Gasteiger partial charge in [0.1, 0.15) is 5.52 Å². The fourth-order valence-corrected chi connectivity index (χ4v) is 7.97. The zero-order valence-electron chi connectivity index (χ0n) is 28.1. The number of allylic oxidation sites excluding steroid dienone is 8. The first-order chi connectivity index (χ1) is 25.3. The van der Waals surface area contributed by atoms with Crippen LogP contribution in [0.2, 0.25) is 0 Å². The third-order valence-electron chi connectivity index (χ3n) is 10.4. The molecule has 1 unspecified atom stereocenters. The molecule has 4 nitrogen and oxygen atoms in total. The number of aromatic nitrogens is 2. The molecule has 0 aliphatic heterocycles. The van der Waals surface area contributed by atoms with Gasteiger partial charge in [0.25, 0.3) is 0 Å². The van der Waals surface area contributed by atoms with E-state index in [1.807, 2.05) is 0 Å². The summed E-state index contributed by atoms with van der Waals surface area (Å²) in [4.78, 5) is 7.37. The maximum Gasteiger partial charge on any atom is 0.223 e. The minimum atomic E-state index is 0.288. The second kappa shape index (κ2) is 12.2. The number of oxazole rings is 1. The predicted molar refractivity (Wildman–Crippen MR) is 212 cm³/mol. The van der Waals surface area contributed by atoms with Gasteiger partial charge in [-0.15, -0.1) is 0 Å². The van der Waals surface area contributed by atoms with Gasteiger partial charge in [-0.2, -0.15) is 0 Å². The van der Waals surface area contributed by atoms with E-state index in [4.69, 9.17) is 9.40 Å². The van der Waals surface area contributed by atoms with Crippen LogP contribution in [0.5, 0.6) is 0 Å². The highest BCUT2D eigenvalue weighted by Gasteiger charge is 2.23. The fourth-order valence-electron chi connectivity index (χ4n) is 7.97. The molecule has 2 aliphatic rings. The average molecular weight is 658 g/mol. The van der Waals surface area contributed by atoms with Crippen LogP contribution in [0.4, 0.5) is 11.4 Å². The van der Waals surface area contributed by atoms with Gasteiger partial charge in [0.15, 0.2) is 5.58 Å². The lowest BCUT2D eigenvalue weighted by atomic mass is 9.99. The van der Waals surface area contributed by atoms with Crippen molar-refractivity contribution in [3.8, 4) is 11.1 Å². The third kappa shape index (κ3) is 5.11. The molecule has 51 heavy (non-hydrogen) atoms. The van der Waals surface area contributed by atoms with Gasteiger partial charge in [-0.3, -0.25) is 0 Å². The Balaban J connectivity index is 1.11. The Morgan fingerprint density at radius 3 is 2.29 bits per heavy atom. The zero-order valence-corrected chi connectivity index (χ0v) is 28.1. The molecule has 0 bridgehead atoms. The molecule has 8 aromatic rings. The number of benzene rings is 6. The molecular weight excluding hydrogens is 623 g/mol. The minimum absolute atomic E-state index is 0.288. The third-order valence-corrected chi connectivity index (χ3v) is 10.4. The minimum Gasteiger partial charge on any atom is -0.436 e. The monoisotopic (exact) mass is 657 g/mol. The van der Waals surface area contributed by atoms with E-state index in [1.165, 1.54) is 38.6 Å². The lowest BCUT2D eigenvalue weighted by Gasteiger charge is -2.30. The Morgan fingerprint density at radius 2 is 1.43 bits per heavy atom. The zero-order chi connectivity index (χ0) is 33.7. The lowest BCUT2D eigenvalue weighted by molar-refractivity contribution is 0.582. The Morgan fingerprint density at radius 1 is 0.627 bits per heavy atom. The van der Waals surface area contributed by atoms with E-state index < -0.39 is 0 Å². The van der Waals surface area contributed by atoms with Crippen LogP contribution in [0.15, 0.2) is 180 Å². The van der Waals surface area contributed by atoms with Crippen LogP contribution in [0.25, 0.3) is 60.4 Å². The van der Waals surface area contributed by atoms with Crippen molar-refractivity contribution in [3.63, 3.8) is 0 Å². The highest BCUT2D eigenvalue weighted by Crippen LogP contribution is 2.42. The van der Waals surface area contributed by atoms with Crippen molar-refractivity contribution in [1.29, 1.82) is 0 Å². The average Bonchev–Trinajstić information content (AvgIpc) is 3.79. The summed E-state index contributed by atoms with van der Waals surface area (Å²) in [5, 5.41) is 4.80. The number of para-hydroxylation sites is 1. The van der Waals surface area contributed by atoms with Gasteiger partial charge in [-0.1, -0.05) is 121 Å². The van der Waals surface area contributed by atoms with Gasteiger partial charge in [0.05, 0.1) is 6.04 Å². The molecule has 6 aromatic carbocycles. The number of anilines is 2. The highest BCUT2D eigenvalue weighted by molar-refractivity contribution is 6.09. The molecule has 2 aliphatic carbocycles. The van der Waals surface area contributed by atoms with Crippen molar-refractivity contribution in [2.45, 2.75) is 25.3 Å². The molecule has 2 aromatic heterocycles. The molecule has 2 heterocycles. The molecule has 1 atom stereocenters. The molecular formula is C47H35N3O. The molecule has 0 fully saturated rings. The van der Waals surface area contributed by atoms with Crippen LogP contribution in [0.1, 0.15) is 31.2 Å². The van der Waals surface area contributed by atoms with Crippen LogP contribution in [0.3, 0.4) is 0 Å². The van der Waals surface area contributed by atoms with Crippen molar-refractivity contribution < 1.29 is 4.42 Å². The van der Waals surface area contributed by atoms with E-state index in [-0.39, 0.29) is 6.04 Å². The summed E-state index contributed by atoms with van der Waals surface area (Å²) < 4.78 is 8.97. The maximum absolute atomic E-state index is 6.46. The first-order valence-corrected chi connectivity index (χ1v) is 17.8. The van der Waals surface area contributed by atoms with Gasteiger partial charge in [-0.25, -0.2) is 4.98 Å². The van der Waals surface area contributed by atoms with E-state index in [9.17, 15) is 0 Å². The number of nitrogens with zero attached hydrogens (tertiary/aromatic N) is 3. The summed E-state index contributed by atoms with van der Waals surface area (Å²) in [6.45, 7) is 0. The summed E-state index contributed by atoms with van der Waals surface area (Å²) in [6, 6.07) is 48.2. The molecule has 0 N–H and O–H groups in total. The van der Waals surface area contributed by atoms with E-state index in [2.05, 4.69) is 179 Å². The van der Waals surface area contributed by atoms with Crippen LogP contribution >= 0.6 is 0 Å². The van der Waals surface area contributed by atoms with E-state index in [0.717, 1.165) is 58.1 Å².